The zero-order chi connectivity index (χ0) is 13.4. The van der Waals surface area contributed by atoms with E-state index in [2.05, 4.69) is 72.8 Å². The van der Waals surface area contributed by atoms with Gasteiger partial charge in [-0.1, -0.05) is 72.8 Å². The molecule has 0 aromatic heterocycles. The molecule has 22 heavy (non-hydrogen) atoms. The summed E-state index contributed by atoms with van der Waals surface area (Å²) in [5, 5.41) is 0. The second-order valence-corrected chi connectivity index (χ2v) is 5.77. The Labute approximate surface area is 157 Å². The van der Waals surface area contributed by atoms with Gasteiger partial charge in [0.15, 0.2) is 0 Å². The average molecular weight is 272 g/mol. The van der Waals surface area contributed by atoms with Gasteiger partial charge in [0.25, 0.3) is 0 Å². The van der Waals surface area contributed by atoms with Gasteiger partial charge in [-0.3, -0.25) is 0 Å². The van der Waals surface area contributed by atoms with Crippen LogP contribution in [-0.2, 0) is 0 Å². The molecular formula is C20H18Li2. The van der Waals surface area contributed by atoms with Crippen LogP contribution in [0.1, 0.15) is 46.9 Å². The van der Waals surface area contributed by atoms with Crippen molar-refractivity contribution in [1.82, 2.24) is 0 Å². The first-order chi connectivity index (χ1) is 9.92. The fourth-order valence-electron chi connectivity index (χ4n) is 3.51. The molecule has 0 bridgehead atoms. The second-order valence-electron chi connectivity index (χ2n) is 5.77. The molecule has 4 rings (SSSR count). The Balaban J connectivity index is 0.000000882. The van der Waals surface area contributed by atoms with Crippen molar-refractivity contribution in [3.8, 4) is 0 Å². The molecule has 2 unspecified atom stereocenters. The summed E-state index contributed by atoms with van der Waals surface area (Å²) in [4.78, 5) is 0. The zero-order valence-electron chi connectivity index (χ0n) is 13.5. The van der Waals surface area contributed by atoms with Gasteiger partial charge in [0.05, 0.1) is 0 Å². The fraction of sp³-hybridized carbons (Fsp3) is 0.200. The monoisotopic (exact) mass is 272 g/mol. The molecule has 0 fully saturated rings. The van der Waals surface area contributed by atoms with Gasteiger partial charge in [-0.25, -0.2) is 0 Å². The van der Waals surface area contributed by atoms with Gasteiger partial charge in [0, 0.05) is 49.6 Å². The third kappa shape index (κ3) is 3.22. The summed E-state index contributed by atoms with van der Waals surface area (Å²) in [6.45, 7) is 0. The molecule has 0 spiro atoms. The molecule has 2 aromatic rings. The minimum absolute atomic E-state index is 0. The zero-order valence-corrected chi connectivity index (χ0v) is 13.5. The maximum atomic E-state index is 2.37. The molecule has 2 radical (unpaired) electrons. The van der Waals surface area contributed by atoms with E-state index < -0.39 is 0 Å². The van der Waals surface area contributed by atoms with Crippen LogP contribution in [0, 0.1) is 0 Å². The molecule has 2 heteroatoms. The Kier molecular flexibility index (Phi) is 6.03. The molecule has 0 heterocycles. The van der Waals surface area contributed by atoms with Crippen molar-refractivity contribution in [3.05, 3.63) is 82.9 Å². The van der Waals surface area contributed by atoms with E-state index >= 15 is 0 Å². The minimum Gasteiger partial charge on any atom is -0.0764 e. The first-order valence-corrected chi connectivity index (χ1v) is 7.46. The molecule has 2 atom stereocenters. The Morgan fingerprint density at radius 2 is 1.00 bits per heavy atom. The van der Waals surface area contributed by atoms with Crippen LogP contribution >= 0.6 is 0 Å². The topological polar surface area (TPSA) is 0 Å². The van der Waals surface area contributed by atoms with E-state index in [1.165, 1.54) is 35.1 Å². The molecule has 100 valence electrons. The quantitative estimate of drug-likeness (QED) is 0.715. The van der Waals surface area contributed by atoms with E-state index in [-0.39, 0.29) is 37.7 Å². The summed E-state index contributed by atoms with van der Waals surface area (Å²) in [7, 11) is 0. The molecule has 0 saturated heterocycles. The number of fused-ring (bicyclic) bond motifs is 2. The number of rotatable bonds is 3. The average Bonchev–Trinajstić information content (AvgIpc) is 3.09. The van der Waals surface area contributed by atoms with Crippen molar-refractivity contribution in [3.63, 3.8) is 0 Å². The standard InChI is InChI=1S/C20H18.2Li/c1-3-7-19-15(5-1)9-11-17(19)13-14-18-12-10-16-6-2-4-8-20(16)18;;/h1-12,17-18H,13-14H2;;. The molecular weight excluding hydrogens is 254 g/mol. The number of hydrogen-bond acceptors (Lipinski definition) is 0. The molecule has 2 aromatic carbocycles. The fourth-order valence-corrected chi connectivity index (χ4v) is 3.51. The van der Waals surface area contributed by atoms with Gasteiger partial charge in [0.1, 0.15) is 0 Å². The molecule has 0 saturated carbocycles. The van der Waals surface area contributed by atoms with Crippen LogP contribution in [0.5, 0.6) is 0 Å². The van der Waals surface area contributed by atoms with E-state index in [0.717, 1.165) is 0 Å². The van der Waals surface area contributed by atoms with Crippen molar-refractivity contribution in [1.29, 1.82) is 0 Å². The third-order valence-corrected chi connectivity index (χ3v) is 4.60. The predicted octanol–water partition coefficient (Wildman–Crippen LogP) is 4.63. The molecule has 2 aliphatic rings. The van der Waals surface area contributed by atoms with E-state index in [9.17, 15) is 0 Å². The number of hydrogen-bond donors (Lipinski definition) is 0. The van der Waals surface area contributed by atoms with Crippen molar-refractivity contribution in [2.24, 2.45) is 0 Å². The van der Waals surface area contributed by atoms with Crippen LogP contribution in [0.15, 0.2) is 60.7 Å². The van der Waals surface area contributed by atoms with Crippen molar-refractivity contribution in [2.45, 2.75) is 24.7 Å². The number of benzene rings is 2. The summed E-state index contributed by atoms with van der Waals surface area (Å²) in [6.07, 6.45) is 11.8. The summed E-state index contributed by atoms with van der Waals surface area (Å²) in [5.74, 6) is 1.21. The van der Waals surface area contributed by atoms with Crippen LogP contribution < -0.4 is 0 Å². The predicted molar refractivity (Wildman–Crippen MR) is 97.2 cm³/mol. The number of allylic oxidation sites excluding steroid dienone is 2. The molecule has 0 nitrogen and oxygen atoms in total. The van der Waals surface area contributed by atoms with Gasteiger partial charge in [0.2, 0.25) is 0 Å². The second kappa shape index (κ2) is 7.59. The molecule has 0 aliphatic heterocycles. The normalized spacial score (nSPS) is 20.0. The first kappa shape index (κ1) is 17.5. The van der Waals surface area contributed by atoms with Crippen LogP contribution in [0.2, 0.25) is 0 Å². The van der Waals surface area contributed by atoms with Crippen molar-refractivity contribution in [2.75, 3.05) is 0 Å². The maximum Gasteiger partial charge on any atom is 0.00275 e. The third-order valence-electron chi connectivity index (χ3n) is 4.60. The van der Waals surface area contributed by atoms with Gasteiger partial charge in [-0.05, 0) is 35.1 Å². The molecule has 2 aliphatic carbocycles. The Morgan fingerprint density at radius 1 is 0.591 bits per heavy atom. The maximum absolute atomic E-state index is 2.37. The Morgan fingerprint density at radius 3 is 1.45 bits per heavy atom. The first-order valence-electron chi connectivity index (χ1n) is 7.46. The van der Waals surface area contributed by atoms with Crippen molar-refractivity contribution < 1.29 is 0 Å². The van der Waals surface area contributed by atoms with E-state index in [4.69, 9.17) is 0 Å². The SMILES string of the molecule is C1=CC(CCC2C=Cc3ccccc32)c2ccccc21.[Li].[Li]. The minimum atomic E-state index is 0. The summed E-state index contributed by atoms with van der Waals surface area (Å²) >= 11 is 0. The van der Waals surface area contributed by atoms with E-state index in [0.29, 0.717) is 11.8 Å². The van der Waals surface area contributed by atoms with Gasteiger partial charge in [-0.2, -0.15) is 0 Å². The van der Waals surface area contributed by atoms with E-state index in [1.54, 1.807) is 0 Å². The van der Waals surface area contributed by atoms with Gasteiger partial charge >= 0.3 is 0 Å². The van der Waals surface area contributed by atoms with Crippen LogP contribution in [-0.4, -0.2) is 37.7 Å². The smallest absolute Gasteiger partial charge is 0.00275 e. The molecule has 0 N–H and O–H groups in total. The Bertz CT molecular complexity index is 639. The summed E-state index contributed by atoms with van der Waals surface area (Å²) < 4.78 is 0. The summed E-state index contributed by atoms with van der Waals surface area (Å²) in [6, 6.07) is 17.6. The van der Waals surface area contributed by atoms with E-state index in [1.807, 2.05) is 0 Å². The summed E-state index contributed by atoms with van der Waals surface area (Å²) in [5.41, 5.74) is 5.81. The van der Waals surface area contributed by atoms with Crippen LogP contribution in [0.3, 0.4) is 0 Å². The van der Waals surface area contributed by atoms with Crippen molar-refractivity contribution >= 4 is 49.9 Å². The Hall–Kier alpha value is -0.885. The van der Waals surface area contributed by atoms with Gasteiger partial charge in [-0.15, -0.1) is 0 Å². The van der Waals surface area contributed by atoms with Crippen LogP contribution in [0.25, 0.3) is 12.2 Å². The van der Waals surface area contributed by atoms with Gasteiger partial charge < -0.3 is 0 Å². The largest absolute Gasteiger partial charge is 0.0764 e. The molecule has 0 amide bonds. The van der Waals surface area contributed by atoms with Crippen LogP contribution in [0.4, 0.5) is 0 Å².